The molecule has 2 aromatic rings. The van der Waals surface area contributed by atoms with E-state index in [1.54, 1.807) is 24.3 Å². The molecule has 138 valence electrons. The zero-order valence-corrected chi connectivity index (χ0v) is 15.8. The molecule has 2 amide bonds. The van der Waals surface area contributed by atoms with Crippen molar-refractivity contribution < 1.29 is 9.59 Å². The van der Waals surface area contributed by atoms with E-state index in [4.69, 9.17) is 11.6 Å². The van der Waals surface area contributed by atoms with Crippen LogP contribution in [0, 0.1) is 0 Å². The summed E-state index contributed by atoms with van der Waals surface area (Å²) in [6, 6.07) is 14.4. The maximum atomic E-state index is 12.3. The van der Waals surface area contributed by atoms with Gasteiger partial charge < -0.3 is 10.6 Å². The van der Waals surface area contributed by atoms with Gasteiger partial charge in [-0.25, -0.2) is 0 Å². The smallest absolute Gasteiger partial charge is 0.251 e. The summed E-state index contributed by atoms with van der Waals surface area (Å²) in [7, 11) is 0. The predicted octanol–water partition coefficient (Wildman–Crippen LogP) is 4.23. The van der Waals surface area contributed by atoms with E-state index in [0.717, 1.165) is 31.2 Å². The average molecular weight is 373 g/mol. The van der Waals surface area contributed by atoms with Gasteiger partial charge in [0.25, 0.3) is 11.8 Å². The van der Waals surface area contributed by atoms with Gasteiger partial charge in [0, 0.05) is 29.2 Å². The summed E-state index contributed by atoms with van der Waals surface area (Å²) in [4.78, 5) is 24.5. The molecule has 2 rings (SSSR count). The van der Waals surface area contributed by atoms with Crippen LogP contribution in [0.3, 0.4) is 0 Å². The summed E-state index contributed by atoms with van der Waals surface area (Å²) in [6.07, 6.45) is 3.89. The summed E-state index contributed by atoms with van der Waals surface area (Å²) < 4.78 is 0. The average Bonchev–Trinajstić information content (AvgIpc) is 2.66. The number of benzene rings is 2. The quantitative estimate of drug-likeness (QED) is 0.647. The molecule has 2 N–H and O–H groups in total. The molecule has 4 nitrogen and oxygen atoms in total. The molecule has 0 radical (unpaired) electrons. The van der Waals surface area contributed by atoms with Gasteiger partial charge >= 0.3 is 0 Å². The second-order valence-electron chi connectivity index (χ2n) is 6.18. The number of nitrogens with one attached hydrogen (secondary N) is 2. The lowest BCUT2D eigenvalue weighted by atomic mass is 10.1. The minimum absolute atomic E-state index is 0.142. The molecule has 0 saturated carbocycles. The van der Waals surface area contributed by atoms with E-state index >= 15 is 0 Å². The third-order valence-corrected chi connectivity index (χ3v) is 4.32. The van der Waals surface area contributed by atoms with Crippen LogP contribution >= 0.6 is 11.6 Å². The minimum atomic E-state index is -0.181. The summed E-state index contributed by atoms with van der Waals surface area (Å²) in [5.41, 5.74) is 2.10. The summed E-state index contributed by atoms with van der Waals surface area (Å²) in [5.74, 6) is -0.323. The minimum Gasteiger partial charge on any atom is -0.352 e. The number of unbranched alkanes of at least 4 members (excludes halogenated alkanes) is 2. The summed E-state index contributed by atoms with van der Waals surface area (Å²) >= 11 is 5.86. The van der Waals surface area contributed by atoms with E-state index in [2.05, 4.69) is 17.6 Å². The Morgan fingerprint density at radius 3 is 2.12 bits per heavy atom. The van der Waals surface area contributed by atoms with Crippen molar-refractivity contribution in [3.63, 3.8) is 0 Å². The Kier molecular flexibility index (Phi) is 8.16. The Labute approximate surface area is 159 Å². The van der Waals surface area contributed by atoms with Crippen LogP contribution in [0.15, 0.2) is 48.5 Å². The van der Waals surface area contributed by atoms with Crippen LogP contribution in [0.25, 0.3) is 0 Å². The number of halogens is 1. The molecule has 0 spiro atoms. The molecular weight excluding hydrogens is 348 g/mol. The van der Waals surface area contributed by atoms with Crippen LogP contribution in [0.5, 0.6) is 0 Å². The standard InChI is InChI=1S/C21H25ClN2O2/c1-2-3-4-13-23-20(25)17-6-5-7-18(15-17)21(26)24-14-12-16-8-10-19(22)11-9-16/h5-11,15H,2-4,12-14H2,1H3,(H,23,25)(H,24,26). The van der Waals surface area contributed by atoms with E-state index < -0.39 is 0 Å². The molecule has 0 atom stereocenters. The fraction of sp³-hybridized carbons (Fsp3) is 0.333. The van der Waals surface area contributed by atoms with Crippen molar-refractivity contribution in [1.82, 2.24) is 10.6 Å². The highest BCUT2D eigenvalue weighted by molar-refractivity contribution is 6.30. The molecule has 26 heavy (non-hydrogen) atoms. The van der Waals surface area contributed by atoms with Crippen LogP contribution in [0.4, 0.5) is 0 Å². The second-order valence-corrected chi connectivity index (χ2v) is 6.61. The Bertz CT molecular complexity index is 729. The second kappa shape index (κ2) is 10.6. The molecule has 5 heteroatoms. The maximum Gasteiger partial charge on any atom is 0.251 e. The van der Waals surface area contributed by atoms with Gasteiger partial charge in [0.1, 0.15) is 0 Å². The molecule has 0 aliphatic rings. The fourth-order valence-electron chi connectivity index (χ4n) is 2.55. The highest BCUT2D eigenvalue weighted by Crippen LogP contribution is 2.10. The molecule has 0 aromatic heterocycles. The van der Waals surface area contributed by atoms with Crippen LogP contribution in [-0.4, -0.2) is 24.9 Å². The van der Waals surface area contributed by atoms with Crippen molar-refractivity contribution in [3.8, 4) is 0 Å². The van der Waals surface area contributed by atoms with Gasteiger partial charge in [0.05, 0.1) is 0 Å². The molecule has 0 aliphatic carbocycles. The first-order valence-corrected chi connectivity index (χ1v) is 9.39. The number of rotatable bonds is 9. The summed E-state index contributed by atoms with van der Waals surface area (Å²) in [6.45, 7) is 3.30. The highest BCUT2D eigenvalue weighted by Gasteiger charge is 2.10. The van der Waals surface area contributed by atoms with E-state index in [1.807, 2.05) is 24.3 Å². The van der Waals surface area contributed by atoms with Crippen molar-refractivity contribution in [2.75, 3.05) is 13.1 Å². The maximum absolute atomic E-state index is 12.3. The van der Waals surface area contributed by atoms with E-state index in [1.165, 1.54) is 0 Å². The lowest BCUT2D eigenvalue weighted by molar-refractivity contribution is 0.0952. The SMILES string of the molecule is CCCCCNC(=O)c1cccc(C(=O)NCCc2ccc(Cl)cc2)c1. The Morgan fingerprint density at radius 1 is 0.885 bits per heavy atom. The van der Waals surface area contributed by atoms with Crippen molar-refractivity contribution >= 4 is 23.4 Å². The topological polar surface area (TPSA) is 58.2 Å². The van der Waals surface area contributed by atoms with Crippen LogP contribution in [-0.2, 0) is 6.42 Å². The zero-order valence-electron chi connectivity index (χ0n) is 15.1. The molecule has 0 bridgehead atoms. The Morgan fingerprint density at radius 2 is 1.50 bits per heavy atom. The van der Waals surface area contributed by atoms with Crippen molar-refractivity contribution in [3.05, 3.63) is 70.2 Å². The van der Waals surface area contributed by atoms with Crippen LogP contribution in [0.2, 0.25) is 5.02 Å². The normalized spacial score (nSPS) is 10.4. The number of hydrogen-bond acceptors (Lipinski definition) is 2. The number of hydrogen-bond donors (Lipinski definition) is 2. The summed E-state index contributed by atoms with van der Waals surface area (Å²) in [5, 5.41) is 6.47. The number of carbonyl (C=O) groups excluding carboxylic acids is 2. The fourth-order valence-corrected chi connectivity index (χ4v) is 2.68. The first-order chi connectivity index (χ1) is 12.6. The van der Waals surface area contributed by atoms with Crippen molar-refractivity contribution in [1.29, 1.82) is 0 Å². The van der Waals surface area contributed by atoms with Gasteiger partial charge in [-0.3, -0.25) is 9.59 Å². The molecule has 0 fully saturated rings. The first kappa shape index (κ1) is 20.0. The van der Waals surface area contributed by atoms with Gasteiger partial charge in [-0.2, -0.15) is 0 Å². The number of carbonyl (C=O) groups is 2. The van der Waals surface area contributed by atoms with Crippen LogP contribution in [0.1, 0.15) is 52.5 Å². The van der Waals surface area contributed by atoms with Crippen molar-refractivity contribution in [2.24, 2.45) is 0 Å². The van der Waals surface area contributed by atoms with Crippen LogP contribution < -0.4 is 10.6 Å². The molecule has 0 heterocycles. The molecule has 0 aliphatic heterocycles. The van der Waals surface area contributed by atoms with Gasteiger partial charge in [0.2, 0.25) is 0 Å². The predicted molar refractivity (Wildman–Crippen MR) is 106 cm³/mol. The van der Waals surface area contributed by atoms with E-state index in [0.29, 0.717) is 29.2 Å². The molecular formula is C21H25ClN2O2. The Hall–Kier alpha value is -2.33. The van der Waals surface area contributed by atoms with Gasteiger partial charge in [-0.1, -0.05) is 49.6 Å². The lowest BCUT2D eigenvalue weighted by Crippen LogP contribution is -2.27. The van der Waals surface area contributed by atoms with E-state index in [9.17, 15) is 9.59 Å². The number of amides is 2. The highest BCUT2D eigenvalue weighted by atomic mass is 35.5. The Balaban J connectivity index is 1.84. The monoisotopic (exact) mass is 372 g/mol. The third-order valence-electron chi connectivity index (χ3n) is 4.07. The van der Waals surface area contributed by atoms with Crippen molar-refractivity contribution in [2.45, 2.75) is 32.6 Å². The van der Waals surface area contributed by atoms with Gasteiger partial charge in [-0.15, -0.1) is 0 Å². The molecule has 0 unspecified atom stereocenters. The third kappa shape index (κ3) is 6.52. The zero-order chi connectivity index (χ0) is 18.8. The molecule has 0 saturated heterocycles. The molecule has 2 aromatic carbocycles. The van der Waals surface area contributed by atoms with E-state index in [-0.39, 0.29) is 11.8 Å². The lowest BCUT2D eigenvalue weighted by Gasteiger charge is -2.08. The largest absolute Gasteiger partial charge is 0.352 e. The van der Waals surface area contributed by atoms with Gasteiger partial charge in [0.15, 0.2) is 0 Å². The first-order valence-electron chi connectivity index (χ1n) is 9.01. The van der Waals surface area contributed by atoms with Gasteiger partial charge in [-0.05, 0) is 48.7 Å².